The summed E-state index contributed by atoms with van der Waals surface area (Å²) >= 11 is 0. The summed E-state index contributed by atoms with van der Waals surface area (Å²) < 4.78 is 11.0. The zero-order chi connectivity index (χ0) is 15.4. The monoisotopic (exact) mass is 292 g/mol. The molecule has 1 aliphatic rings. The Morgan fingerprint density at radius 2 is 1.95 bits per heavy atom. The summed E-state index contributed by atoms with van der Waals surface area (Å²) in [5.41, 5.74) is 1.64. The maximum absolute atomic E-state index is 12.2. The van der Waals surface area contributed by atoms with Crippen molar-refractivity contribution >= 4 is 11.9 Å². The normalized spacial score (nSPS) is 15.1. The molecule has 1 aliphatic heterocycles. The number of hydrogen-bond donors (Lipinski definition) is 0. The topological polar surface area (TPSA) is 35.5 Å². The van der Waals surface area contributed by atoms with Gasteiger partial charge in [0.1, 0.15) is 11.5 Å². The number of ketones is 1. The SMILES string of the molecule is CCOc1ccc2c(c1)O/C(=C/C=C/c1ccccc1)C2=O. The smallest absolute Gasteiger partial charge is 0.231 e. The van der Waals surface area contributed by atoms with Gasteiger partial charge in [-0.2, -0.15) is 0 Å². The molecule has 0 saturated heterocycles. The first kappa shape index (κ1) is 14.1. The van der Waals surface area contributed by atoms with Gasteiger partial charge in [-0.1, -0.05) is 42.5 Å². The third-order valence-electron chi connectivity index (χ3n) is 3.29. The van der Waals surface area contributed by atoms with Gasteiger partial charge in [-0.25, -0.2) is 0 Å². The van der Waals surface area contributed by atoms with Crippen LogP contribution >= 0.6 is 0 Å². The van der Waals surface area contributed by atoms with Crippen LogP contribution in [0.15, 0.2) is 66.4 Å². The lowest BCUT2D eigenvalue weighted by atomic mass is 10.1. The Morgan fingerprint density at radius 1 is 1.14 bits per heavy atom. The van der Waals surface area contributed by atoms with E-state index in [1.807, 2.05) is 49.4 Å². The largest absolute Gasteiger partial charge is 0.494 e. The van der Waals surface area contributed by atoms with Gasteiger partial charge in [0.25, 0.3) is 0 Å². The maximum Gasteiger partial charge on any atom is 0.231 e. The van der Waals surface area contributed by atoms with Gasteiger partial charge >= 0.3 is 0 Å². The minimum Gasteiger partial charge on any atom is -0.494 e. The molecule has 0 atom stereocenters. The van der Waals surface area contributed by atoms with Gasteiger partial charge in [-0.05, 0) is 30.7 Å². The average Bonchev–Trinajstić information content (AvgIpc) is 2.85. The van der Waals surface area contributed by atoms with Crippen molar-refractivity contribution in [2.75, 3.05) is 6.61 Å². The van der Waals surface area contributed by atoms with Gasteiger partial charge in [-0.15, -0.1) is 0 Å². The number of carbonyl (C=O) groups is 1. The van der Waals surface area contributed by atoms with Crippen LogP contribution in [0, 0.1) is 0 Å². The molecule has 0 spiro atoms. The molecule has 0 N–H and O–H groups in total. The maximum atomic E-state index is 12.2. The Bertz CT molecular complexity index is 743. The Kier molecular flexibility index (Phi) is 4.05. The summed E-state index contributed by atoms with van der Waals surface area (Å²) in [7, 11) is 0. The van der Waals surface area contributed by atoms with Crippen LogP contribution in [0.4, 0.5) is 0 Å². The van der Waals surface area contributed by atoms with Crippen molar-refractivity contribution in [3.05, 3.63) is 77.6 Å². The van der Waals surface area contributed by atoms with E-state index >= 15 is 0 Å². The van der Waals surface area contributed by atoms with Gasteiger partial charge in [0, 0.05) is 6.07 Å². The van der Waals surface area contributed by atoms with Gasteiger partial charge in [0.15, 0.2) is 5.76 Å². The van der Waals surface area contributed by atoms with Crippen LogP contribution < -0.4 is 9.47 Å². The van der Waals surface area contributed by atoms with Crippen molar-refractivity contribution in [2.24, 2.45) is 0 Å². The molecule has 3 rings (SSSR count). The molecule has 0 radical (unpaired) electrons. The first-order valence-electron chi connectivity index (χ1n) is 7.21. The highest BCUT2D eigenvalue weighted by atomic mass is 16.5. The molecule has 0 bridgehead atoms. The lowest BCUT2D eigenvalue weighted by Crippen LogP contribution is -1.97. The third kappa shape index (κ3) is 2.93. The van der Waals surface area contributed by atoms with E-state index in [0.717, 1.165) is 5.56 Å². The lowest BCUT2D eigenvalue weighted by molar-refractivity contribution is 0.101. The van der Waals surface area contributed by atoms with E-state index in [1.165, 1.54) is 0 Å². The molecule has 0 aromatic heterocycles. The van der Waals surface area contributed by atoms with Crippen molar-refractivity contribution in [3.8, 4) is 11.5 Å². The lowest BCUT2D eigenvalue weighted by Gasteiger charge is -2.03. The molecule has 0 amide bonds. The quantitative estimate of drug-likeness (QED) is 0.790. The highest BCUT2D eigenvalue weighted by Gasteiger charge is 2.27. The van der Waals surface area contributed by atoms with E-state index in [0.29, 0.717) is 29.4 Å². The summed E-state index contributed by atoms with van der Waals surface area (Å²) in [4.78, 5) is 12.2. The van der Waals surface area contributed by atoms with Crippen molar-refractivity contribution in [1.29, 1.82) is 0 Å². The van der Waals surface area contributed by atoms with E-state index < -0.39 is 0 Å². The van der Waals surface area contributed by atoms with Crippen LogP contribution in [0.3, 0.4) is 0 Å². The van der Waals surface area contributed by atoms with Crippen molar-refractivity contribution < 1.29 is 14.3 Å². The number of benzene rings is 2. The molecule has 2 aromatic rings. The first-order valence-corrected chi connectivity index (χ1v) is 7.21. The number of allylic oxidation sites excluding steroid dienone is 3. The fourth-order valence-corrected chi connectivity index (χ4v) is 2.25. The second-order valence-electron chi connectivity index (χ2n) is 4.82. The van der Waals surface area contributed by atoms with E-state index in [2.05, 4.69) is 0 Å². The third-order valence-corrected chi connectivity index (χ3v) is 3.29. The Hall–Kier alpha value is -2.81. The van der Waals surface area contributed by atoms with Crippen LogP contribution in [-0.4, -0.2) is 12.4 Å². The minimum absolute atomic E-state index is 0.101. The number of ether oxygens (including phenoxy) is 2. The Balaban J connectivity index is 1.78. The molecule has 0 aliphatic carbocycles. The summed E-state index contributed by atoms with van der Waals surface area (Å²) in [6.07, 6.45) is 5.44. The molecule has 0 saturated carbocycles. The Labute approximate surface area is 129 Å². The fourth-order valence-electron chi connectivity index (χ4n) is 2.25. The van der Waals surface area contributed by atoms with Crippen molar-refractivity contribution in [1.82, 2.24) is 0 Å². The van der Waals surface area contributed by atoms with Crippen LogP contribution in [0.25, 0.3) is 6.08 Å². The molecule has 3 nitrogen and oxygen atoms in total. The van der Waals surface area contributed by atoms with E-state index in [-0.39, 0.29) is 5.78 Å². The number of carbonyl (C=O) groups excluding carboxylic acids is 1. The average molecular weight is 292 g/mol. The number of rotatable bonds is 4. The van der Waals surface area contributed by atoms with Crippen LogP contribution in [-0.2, 0) is 0 Å². The van der Waals surface area contributed by atoms with Crippen molar-refractivity contribution in [2.45, 2.75) is 6.92 Å². The number of hydrogen-bond acceptors (Lipinski definition) is 3. The Morgan fingerprint density at radius 3 is 2.73 bits per heavy atom. The van der Waals surface area contributed by atoms with E-state index in [1.54, 1.807) is 24.3 Å². The van der Waals surface area contributed by atoms with Gasteiger partial charge in [-0.3, -0.25) is 4.79 Å². The van der Waals surface area contributed by atoms with E-state index in [4.69, 9.17) is 9.47 Å². The second kappa shape index (κ2) is 6.31. The van der Waals surface area contributed by atoms with Crippen molar-refractivity contribution in [3.63, 3.8) is 0 Å². The minimum atomic E-state index is -0.101. The first-order chi connectivity index (χ1) is 10.8. The number of Topliss-reactive ketones (excluding diaryl/α,β-unsaturated/α-hetero) is 1. The summed E-state index contributed by atoms with van der Waals surface area (Å²) in [6, 6.07) is 15.2. The summed E-state index contributed by atoms with van der Waals surface area (Å²) in [5, 5.41) is 0. The van der Waals surface area contributed by atoms with Gasteiger partial charge in [0.2, 0.25) is 5.78 Å². The molecular formula is C19H16O3. The van der Waals surface area contributed by atoms with E-state index in [9.17, 15) is 4.79 Å². The predicted octanol–water partition coefficient (Wildman–Crippen LogP) is 4.26. The molecule has 2 aromatic carbocycles. The molecule has 0 fully saturated rings. The zero-order valence-electron chi connectivity index (χ0n) is 12.3. The molecule has 1 heterocycles. The predicted molar refractivity (Wildman–Crippen MR) is 86.1 cm³/mol. The standard InChI is InChI=1S/C19H16O3/c1-2-21-15-11-12-16-18(13-15)22-17(19(16)20)10-6-9-14-7-4-3-5-8-14/h3-13H,2H2,1H3/b9-6+,17-10+. The molecular weight excluding hydrogens is 276 g/mol. The molecule has 0 unspecified atom stereocenters. The van der Waals surface area contributed by atoms with Crippen LogP contribution in [0.2, 0.25) is 0 Å². The highest BCUT2D eigenvalue weighted by molar-refractivity contribution is 6.12. The van der Waals surface area contributed by atoms with Gasteiger partial charge < -0.3 is 9.47 Å². The van der Waals surface area contributed by atoms with Gasteiger partial charge in [0.05, 0.1) is 12.2 Å². The summed E-state index contributed by atoms with van der Waals surface area (Å²) in [5.74, 6) is 1.48. The number of fused-ring (bicyclic) bond motifs is 1. The molecule has 22 heavy (non-hydrogen) atoms. The summed E-state index contributed by atoms with van der Waals surface area (Å²) in [6.45, 7) is 2.49. The zero-order valence-corrected chi connectivity index (χ0v) is 12.3. The molecule has 110 valence electrons. The molecule has 3 heteroatoms. The highest BCUT2D eigenvalue weighted by Crippen LogP contribution is 2.34. The van der Waals surface area contributed by atoms with Crippen LogP contribution in [0.5, 0.6) is 11.5 Å². The second-order valence-corrected chi connectivity index (χ2v) is 4.82. The fraction of sp³-hybridized carbons (Fsp3) is 0.105. The van der Waals surface area contributed by atoms with Crippen LogP contribution in [0.1, 0.15) is 22.8 Å².